The van der Waals surface area contributed by atoms with Gasteiger partial charge in [0.2, 0.25) is 0 Å². The molecule has 0 N–H and O–H groups in total. The van der Waals surface area contributed by atoms with Crippen LogP contribution in [-0.2, 0) is 0 Å². The zero-order valence-electron chi connectivity index (χ0n) is 6.22. The first-order valence-corrected chi connectivity index (χ1v) is 3.92. The summed E-state index contributed by atoms with van der Waals surface area (Å²) in [4.78, 5) is 3.68. The first-order valence-electron chi connectivity index (χ1n) is 3.12. The molecule has 0 aliphatic carbocycles. The van der Waals surface area contributed by atoms with Gasteiger partial charge in [0, 0.05) is 0 Å². The lowest BCUT2D eigenvalue weighted by molar-refractivity contribution is 0.149. The van der Waals surface area contributed by atoms with E-state index in [4.69, 9.17) is 4.74 Å². The number of alkyl halides is 2. The molecular weight excluding hydrogens is 232 g/mol. The highest BCUT2D eigenvalue weighted by molar-refractivity contribution is 9.10. The van der Waals surface area contributed by atoms with E-state index in [1.54, 1.807) is 0 Å². The Hall–Kier alpha value is -0.710. The van der Waals surface area contributed by atoms with E-state index in [1.165, 1.54) is 19.4 Å². The van der Waals surface area contributed by atoms with Gasteiger partial charge in [0.25, 0.3) is 6.43 Å². The van der Waals surface area contributed by atoms with Gasteiger partial charge in [0.15, 0.2) is 0 Å². The summed E-state index contributed by atoms with van der Waals surface area (Å²) >= 11 is 2.91. The van der Waals surface area contributed by atoms with Crippen molar-refractivity contribution in [3.63, 3.8) is 0 Å². The van der Waals surface area contributed by atoms with Crippen LogP contribution in [0, 0.1) is 0 Å². The molecule has 0 fully saturated rings. The topological polar surface area (TPSA) is 22.1 Å². The van der Waals surface area contributed by atoms with Crippen LogP contribution < -0.4 is 4.74 Å². The number of rotatable bonds is 2. The van der Waals surface area contributed by atoms with Crippen LogP contribution >= 0.6 is 15.9 Å². The fraction of sp³-hybridized carbons (Fsp3) is 0.286. The third-order valence-corrected chi connectivity index (χ3v) is 1.97. The fourth-order valence-corrected chi connectivity index (χ4v) is 1.10. The smallest absolute Gasteiger partial charge is 0.266 e. The van der Waals surface area contributed by atoms with Crippen LogP contribution in [0.15, 0.2) is 16.9 Å². The molecule has 0 spiro atoms. The van der Waals surface area contributed by atoms with Crippen molar-refractivity contribution >= 4 is 15.9 Å². The van der Waals surface area contributed by atoms with Crippen molar-refractivity contribution in [2.24, 2.45) is 0 Å². The second-order valence-corrected chi connectivity index (χ2v) is 2.81. The van der Waals surface area contributed by atoms with E-state index in [0.29, 0.717) is 5.75 Å². The molecule has 0 bridgehead atoms. The average molecular weight is 238 g/mol. The highest BCUT2D eigenvalue weighted by atomic mass is 79.9. The number of nitrogens with zero attached hydrogens (tertiary/aromatic N) is 1. The average Bonchev–Trinajstić information content (AvgIpc) is 2.05. The van der Waals surface area contributed by atoms with E-state index in [1.807, 2.05) is 0 Å². The van der Waals surface area contributed by atoms with Gasteiger partial charge >= 0.3 is 0 Å². The number of hydrogen-bond donors (Lipinski definition) is 0. The van der Waals surface area contributed by atoms with Gasteiger partial charge < -0.3 is 4.74 Å². The van der Waals surface area contributed by atoms with Gasteiger partial charge in [-0.3, -0.25) is 0 Å². The van der Waals surface area contributed by atoms with Gasteiger partial charge in [0.1, 0.15) is 10.4 Å². The molecule has 0 saturated carbocycles. The summed E-state index contributed by atoms with van der Waals surface area (Å²) < 4.78 is 29.3. The Bertz CT molecular complexity index is 280. The molecule has 12 heavy (non-hydrogen) atoms. The summed E-state index contributed by atoms with van der Waals surface area (Å²) in [6.07, 6.45) is -1.17. The highest BCUT2D eigenvalue weighted by Crippen LogP contribution is 2.28. The molecule has 1 rings (SSSR count). The molecule has 66 valence electrons. The highest BCUT2D eigenvalue weighted by Gasteiger charge is 2.13. The van der Waals surface area contributed by atoms with Crippen LogP contribution in [0.25, 0.3) is 0 Å². The molecule has 0 saturated heterocycles. The lowest BCUT2D eigenvalue weighted by Gasteiger charge is -2.04. The maximum Gasteiger partial charge on any atom is 0.266 e. The number of halogens is 3. The van der Waals surface area contributed by atoms with Crippen molar-refractivity contribution in [1.82, 2.24) is 4.98 Å². The second-order valence-electron chi connectivity index (χ2n) is 2.06. The number of methoxy groups -OCH3 is 1. The van der Waals surface area contributed by atoms with Gasteiger partial charge in [-0.25, -0.2) is 13.8 Å². The molecule has 0 aliphatic heterocycles. The zero-order valence-corrected chi connectivity index (χ0v) is 7.81. The summed E-state index contributed by atoms with van der Waals surface area (Å²) in [6.45, 7) is 0. The van der Waals surface area contributed by atoms with Crippen molar-refractivity contribution in [2.45, 2.75) is 6.43 Å². The fourth-order valence-electron chi connectivity index (χ4n) is 0.710. The quantitative estimate of drug-likeness (QED) is 0.739. The zero-order chi connectivity index (χ0) is 9.14. The SMILES string of the molecule is COc1cnc(Br)c(C(F)F)c1. The second kappa shape index (κ2) is 3.80. The van der Waals surface area contributed by atoms with Crippen molar-refractivity contribution < 1.29 is 13.5 Å². The van der Waals surface area contributed by atoms with Gasteiger partial charge in [-0.15, -0.1) is 0 Å². The number of ether oxygens (including phenoxy) is 1. The Balaban J connectivity index is 3.08. The van der Waals surface area contributed by atoms with E-state index in [2.05, 4.69) is 20.9 Å². The summed E-state index contributed by atoms with van der Waals surface area (Å²) in [5.74, 6) is 0.327. The predicted molar refractivity (Wildman–Crippen MR) is 43.4 cm³/mol. The molecule has 5 heteroatoms. The molecule has 1 aromatic rings. The standard InChI is InChI=1S/C7H6BrF2NO/c1-12-4-2-5(7(9)10)6(8)11-3-4/h2-3,7H,1H3. The van der Waals surface area contributed by atoms with Crippen LogP contribution in [0.4, 0.5) is 8.78 Å². The van der Waals surface area contributed by atoms with Gasteiger partial charge in [-0.05, 0) is 22.0 Å². The lowest BCUT2D eigenvalue weighted by atomic mass is 10.3. The first kappa shape index (κ1) is 9.38. The Kier molecular flexibility index (Phi) is 2.97. The van der Waals surface area contributed by atoms with E-state index >= 15 is 0 Å². The minimum Gasteiger partial charge on any atom is -0.495 e. The maximum absolute atomic E-state index is 12.2. The van der Waals surface area contributed by atoms with Crippen LogP contribution in [-0.4, -0.2) is 12.1 Å². The lowest BCUT2D eigenvalue weighted by Crippen LogP contribution is -1.92. The molecular formula is C7H6BrF2NO. The third kappa shape index (κ3) is 1.91. The summed E-state index contributed by atoms with van der Waals surface area (Å²) in [5.41, 5.74) is -0.158. The number of aromatic nitrogens is 1. The van der Waals surface area contributed by atoms with Crippen molar-refractivity contribution in [1.29, 1.82) is 0 Å². The minimum atomic E-state index is -2.54. The van der Waals surface area contributed by atoms with Crippen molar-refractivity contribution in [3.05, 3.63) is 22.4 Å². The van der Waals surface area contributed by atoms with Gasteiger partial charge in [-0.1, -0.05) is 0 Å². The van der Waals surface area contributed by atoms with Gasteiger partial charge in [0.05, 0.1) is 18.9 Å². The Morgan fingerprint density at radius 1 is 1.58 bits per heavy atom. The van der Waals surface area contributed by atoms with Gasteiger partial charge in [-0.2, -0.15) is 0 Å². The number of pyridine rings is 1. The van der Waals surface area contributed by atoms with Crippen molar-refractivity contribution in [3.8, 4) is 5.75 Å². The van der Waals surface area contributed by atoms with E-state index in [0.717, 1.165) is 0 Å². The minimum absolute atomic E-state index is 0.151. The Morgan fingerprint density at radius 2 is 2.25 bits per heavy atom. The molecule has 1 heterocycles. The predicted octanol–water partition coefficient (Wildman–Crippen LogP) is 2.79. The largest absolute Gasteiger partial charge is 0.495 e. The summed E-state index contributed by atoms with van der Waals surface area (Å²) in [5, 5.41) is 0. The maximum atomic E-state index is 12.2. The molecule has 2 nitrogen and oxygen atoms in total. The molecule has 0 amide bonds. The summed E-state index contributed by atoms with van der Waals surface area (Å²) in [6, 6.07) is 1.25. The first-order chi connectivity index (χ1) is 5.65. The molecule has 0 unspecified atom stereocenters. The van der Waals surface area contributed by atoms with Crippen LogP contribution in [0.5, 0.6) is 5.75 Å². The summed E-state index contributed by atoms with van der Waals surface area (Å²) in [7, 11) is 1.40. The molecule has 0 aromatic carbocycles. The van der Waals surface area contributed by atoms with Crippen molar-refractivity contribution in [2.75, 3.05) is 7.11 Å². The van der Waals surface area contributed by atoms with Crippen LogP contribution in [0.3, 0.4) is 0 Å². The Labute approximate surface area is 76.7 Å². The monoisotopic (exact) mass is 237 g/mol. The number of hydrogen-bond acceptors (Lipinski definition) is 2. The molecule has 0 radical (unpaired) electrons. The Morgan fingerprint density at radius 3 is 2.75 bits per heavy atom. The van der Waals surface area contributed by atoms with Crippen LogP contribution in [0.1, 0.15) is 12.0 Å². The third-order valence-electron chi connectivity index (χ3n) is 1.31. The molecule has 0 aliphatic rings. The van der Waals surface area contributed by atoms with E-state index < -0.39 is 6.43 Å². The molecule has 1 aromatic heterocycles. The molecule has 0 atom stereocenters. The normalized spacial score (nSPS) is 10.4. The van der Waals surface area contributed by atoms with Crippen LogP contribution in [0.2, 0.25) is 0 Å². The van der Waals surface area contributed by atoms with E-state index in [9.17, 15) is 8.78 Å². The van der Waals surface area contributed by atoms with E-state index in [-0.39, 0.29) is 10.2 Å².